The Hall–Kier alpha value is -1.77. The maximum atomic E-state index is 10.3. The van der Waals surface area contributed by atoms with Crippen LogP contribution in [0.5, 0.6) is 0 Å². The molecule has 2 N–H and O–H groups in total. The van der Waals surface area contributed by atoms with Gasteiger partial charge in [-0.1, -0.05) is 56.2 Å². The molecule has 0 aromatic rings. The highest BCUT2D eigenvalue weighted by atomic mass is 16.4. The number of carbonyl (C=O) groups is 1. The van der Waals surface area contributed by atoms with Crippen LogP contribution < -0.4 is 0 Å². The number of unbranched alkanes of at least 4 members (excludes halogenated alkanes) is 4. The molecule has 0 radical (unpaired) electrons. The predicted molar refractivity (Wildman–Crippen MR) is 97.6 cm³/mol. The highest BCUT2D eigenvalue weighted by molar-refractivity contribution is 5.66. The van der Waals surface area contributed by atoms with Crippen molar-refractivity contribution < 1.29 is 15.0 Å². The standard InChI is InChI=1S/C20H32O3/c1-2-3-4-5-10-13-16-19(21)17-14-11-8-6-7-9-12-15-18-20(22)23/h7-11,13,17,21H,2-6,12,14-16,18H2,1H3,(H,22,23)/b9-7-,11-8-,13-10-,19-17-. The van der Waals surface area contributed by atoms with Crippen LogP contribution in [-0.4, -0.2) is 16.2 Å². The molecule has 0 aromatic heterocycles. The number of carboxylic acids is 1. The first-order valence-electron chi connectivity index (χ1n) is 8.71. The van der Waals surface area contributed by atoms with Gasteiger partial charge in [-0.3, -0.25) is 4.79 Å². The third-order valence-electron chi connectivity index (χ3n) is 3.32. The van der Waals surface area contributed by atoms with Gasteiger partial charge in [0.1, 0.15) is 0 Å². The molecule has 3 nitrogen and oxygen atoms in total. The van der Waals surface area contributed by atoms with Crippen LogP contribution in [0.3, 0.4) is 0 Å². The van der Waals surface area contributed by atoms with Gasteiger partial charge in [-0.2, -0.15) is 0 Å². The minimum absolute atomic E-state index is 0.233. The largest absolute Gasteiger partial charge is 0.512 e. The Balaban J connectivity index is 3.62. The molecular weight excluding hydrogens is 288 g/mol. The molecule has 0 spiro atoms. The third-order valence-corrected chi connectivity index (χ3v) is 3.32. The van der Waals surface area contributed by atoms with E-state index in [-0.39, 0.29) is 6.42 Å². The van der Waals surface area contributed by atoms with Crippen LogP contribution in [0.25, 0.3) is 0 Å². The molecule has 0 aliphatic rings. The summed E-state index contributed by atoms with van der Waals surface area (Å²) < 4.78 is 0. The maximum Gasteiger partial charge on any atom is 0.303 e. The van der Waals surface area contributed by atoms with E-state index in [2.05, 4.69) is 19.1 Å². The van der Waals surface area contributed by atoms with Crippen molar-refractivity contribution in [2.24, 2.45) is 0 Å². The number of aliphatic carboxylic acids is 1. The highest BCUT2D eigenvalue weighted by Crippen LogP contribution is 2.04. The second-order valence-corrected chi connectivity index (χ2v) is 5.57. The van der Waals surface area contributed by atoms with Gasteiger partial charge in [0.15, 0.2) is 0 Å². The number of aliphatic hydroxyl groups is 1. The van der Waals surface area contributed by atoms with Crippen molar-refractivity contribution in [3.05, 3.63) is 48.3 Å². The lowest BCUT2D eigenvalue weighted by atomic mass is 10.2. The zero-order chi connectivity index (χ0) is 17.2. The number of carboxylic acid groups (broad SMARTS) is 1. The molecule has 0 amide bonds. The van der Waals surface area contributed by atoms with E-state index in [1.807, 2.05) is 30.4 Å². The van der Waals surface area contributed by atoms with E-state index in [9.17, 15) is 9.90 Å². The second kappa shape index (κ2) is 16.6. The van der Waals surface area contributed by atoms with Crippen LogP contribution in [0.1, 0.15) is 71.1 Å². The molecule has 130 valence electrons. The fourth-order valence-electron chi connectivity index (χ4n) is 1.98. The smallest absolute Gasteiger partial charge is 0.303 e. The van der Waals surface area contributed by atoms with Crippen molar-refractivity contribution in [2.45, 2.75) is 71.1 Å². The Kier molecular flexibility index (Phi) is 15.3. The van der Waals surface area contributed by atoms with Crippen molar-refractivity contribution >= 4 is 5.97 Å². The lowest BCUT2D eigenvalue weighted by Gasteiger charge is -1.94. The second-order valence-electron chi connectivity index (χ2n) is 5.57. The van der Waals surface area contributed by atoms with Gasteiger partial charge in [0.05, 0.1) is 5.76 Å². The fraction of sp³-hybridized carbons (Fsp3) is 0.550. The Morgan fingerprint density at radius 2 is 1.48 bits per heavy atom. The molecule has 0 unspecified atom stereocenters. The number of aliphatic hydroxyl groups excluding tert-OH is 1. The van der Waals surface area contributed by atoms with Crippen LogP contribution in [0.4, 0.5) is 0 Å². The zero-order valence-electron chi connectivity index (χ0n) is 14.4. The van der Waals surface area contributed by atoms with Crippen molar-refractivity contribution in [1.29, 1.82) is 0 Å². The zero-order valence-corrected chi connectivity index (χ0v) is 14.4. The molecule has 0 aliphatic heterocycles. The molecular formula is C20H32O3. The van der Waals surface area contributed by atoms with Gasteiger partial charge in [-0.05, 0) is 44.6 Å². The van der Waals surface area contributed by atoms with Crippen LogP contribution >= 0.6 is 0 Å². The monoisotopic (exact) mass is 320 g/mol. The van der Waals surface area contributed by atoms with Crippen molar-refractivity contribution in [3.63, 3.8) is 0 Å². The average Bonchev–Trinajstić information content (AvgIpc) is 2.52. The summed E-state index contributed by atoms with van der Waals surface area (Å²) in [6.45, 7) is 2.20. The Bertz CT molecular complexity index is 403. The normalized spacial score (nSPS) is 12.8. The summed E-state index contributed by atoms with van der Waals surface area (Å²) in [5, 5.41) is 18.2. The quantitative estimate of drug-likeness (QED) is 0.231. The van der Waals surface area contributed by atoms with Gasteiger partial charge in [0.25, 0.3) is 0 Å². The first kappa shape index (κ1) is 21.2. The SMILES string of the molecule is CCCCC/C=C\C/C(O)=C/C/C=C\C/C=C\CCCC(=O)O. The van der Waals surface area contributed by atoms with Crippen molar-refractivity contribution in [1.82, 2.24) is 0 Å². The van der Waals surface area contributed by atoms with E-state index >= 15 is 0 Å². The van der Waals surface area contributed by atoms with Crippen molar-refractivity contribution in [3.8, 4) is 0 Å². The topological polar surface area (TPSA) is 57.5 Å². The van der Waals surface area contributed by atoms with Crippen molar-refractivity contribution in [2.75, 3.05) is 0 Å². The van der Waals surface area contributed by atoms with Crippen LogP contribution in [0.15, 0.2) is 48.3 Å². The van der Waals surface area contributed by atoms with E-state index in [0.717, 1.165) is 25.7 Å². The fourth-order valence-corrected chi connectivity index (χ4v) is 1.98. The summed E-state index contributed by atoms with van der Waals surface area (Å²) in [5.41, 5.74) is 0. The number of allylic oxidation sites excluding steroid dienone is 7. The lowest BCUT2D eigenvalue weighted by Crippen LogP contribution is -1.92. The van der Waals surface area contributed by atoms with E-state index in [1.54, 1.807) is 0 Å². The Morgan fingerprint density at radius 1 is 0.826 bits per heavy atom. The summed E-state index contributed by atoms with van der Waals surface area (Å²) in [4.78, 5) is 10.3. The molecule has 0 saturated heterocycles. The van der Waals surface area contributed by atoms with Gasteiger partial charge >= 0.3 is 5.97 Å². The summed E-state index contributed by atoms with van der Waals surface area (Å²) in [6, 6.07) is 0. The van der Waals surface area contributed by atoms with Gasteiger partial charge in [-0.15, -0.1) is 0 Å². The van der Waals surface area contributed by atoms with Crippen LogP contribution in [0, 0.1) is 0 Å². The average molecular weight is 320 g/mol. The maximum absolute atomic E-state index is 10.3. The highest BCUT2D eigenvalue weighted by Gasteiger charge is 1.92. The molecule has 3 heteroatoms. The van der Waals surface area contributed by atoms with E-state index in [1.165, 1.54) is 19.3 Å². The number of rotatable bonds is 14. The summed E-state index contributed by atoms with van der Waals surface area (Å²) in [7, 11) is 0. The molecule has 0 bridgehead atoms. The van der Waals surface area contributed by atoms with E-state index < -0.39 is 5.97 Å². The number of hydrogen-bond acceptors (Lipinski definition) is 2. The van der Waals surface area contributed by atoms with Crippen LogP contribution in [0.2, 0.25) is 0 Å². The van der Waals surface area contributed by atoms with E-state index in [0.29, 0.717) is 18.6 Å². The molecule has 0 heterocycles. The van der Waals surface area contributed by atoms with E-state index in [4.69, 9.17) is 5.11 Å². The molecule has 0 saturated carbocycles. The molecule has 0 aromatic carbocycles. The summed E-state index contributed by atoms with van der Waals surface area (Å²) in [6.07, 6.45) is 22.9. The summed E-state index contributed by atoms with van der Waals surface area (Å²) >= 11 is 0. The molecule has 0 atom stereocenters. The van der Waals surface area contributed by atoms with Gasteiger partial charge < -0.3 is 10.2 Å². The van der Waals surface area contributed by atoms with Crippen LogP contribution in [-0.2, 0) is 4.79 Å². The molecule has 0 rings (SSSR count). The summed E-state index contributed by atoms with van der Waals surface area (Å²) in [5.74, 6) is -0.314. The minimum Gasteiger partial charge on any atom is -0.512 e. The Morgan fingerprint density at radius 3 is 2.22 bits per heavy atom. The predicted octanol–water partition coefficient (Wildman–Crippen LogP) is 6.10. The van der Waals surface area contributed by atoms with Gasteiger partial charge in [-0.25, -0.2) is 0 Å². The van der Waals surface area contributed by atoms with Gasteiger partial charge in [0, 0.05) is 12.8 Å². The lowest BCUT2D eigenvalue weighted by molar-refractivity contribution is -0.137. The first-order chi connectivity index (χ1) is 11.2. The van der Waals surface area contributed by atoms with Gasteiger partial charge in [0.2, 0.25) is 0 Å². The molecule has 23 heavy (non-hydrogen) atoms. The minimum atomic E-state index is -0.735. The molecule has 0 aliphatic carbocycles. The molecule has 0 fully saturated rings. The Labute approximate surface area is 141 Å². The first-order valence-corrected chi connectivity index (χ1v) is 8.71. The third kappa shape index (κ3) is 18.2. The number of hydrogen-bond donors (Lipinski definition) is 2.